The predicted molar refractivity (Wildman–Crippen MR) is 122 cm³/mol. The zero-order valence-electron chi connectivity index (χ0n) is 18.6. The van der Waals surface area contributed by atoms with Crippen LogP contribution >= 0.6 is 0 Å². The second-order valence-electron chi connectivity index (χ2n) is 8.54. The highest BCUT2D eigenvalue weighted by Gasteiger charge is 2.45. The van der Waals surface area contributed by atoms with Crippen LogP contribution in [0.3, 0.4) is 0 Å². The van der Waals surface area contributed by atoms with E-state index in [9.17, 15) is 5.11 Å². The number of hydrogen-bond acceptors (Lipinski definition) is 5. The van der Waals surface area contributed by atoms with E-state index in [0.717, 1.165) is 30.8 Å². The summed E-state index contributed by atoms with van der Waals surface area (Å²) in [7, 11) is 5.83. The van der Waals surface area contributed by atoms with Crippen LogP contribution in [0.25, 0.3) is 0 Å². The van der Waals surface area contributed by atoms with E-state index < -0.39 is 6.10 Å². The third kappa shape index (κ3) is 4.37. The Morgan fingerprint density at radius 2 is 1.94 bits per heavy atom. The summed E-state index contributed by atoms with van der Waals surface area (Å²) in [4.78, 5) is 4.52. The van der Waals surface area contributed by atoms with E-state index in [1.165, 1.54) is 11.1 Å². The van der Waals surface area contributed by atoms with Crippen molar-refractivity contribution in [2.24, 2.45) is 0 Å². The molecular weight excluding hydrogens is 388 g/mol. The highest BCUT2D eigenvalue weighted by molar-refractivity contribution is 5.37. The first kappa shape index (κ1) is 21.6. The average Bonchev–Trinajstić information content (AvgIpc) is 3.28. The lowest BCUT2D eigenvalue weighted by Gasteiger charge is -2.50. The number of aliphatic hydroxyl groups is 1. The Kier molecular flexibility index (Phi) is 6.41. The van der Waals surface area contributed by atoms with E-state index in [0.29, 0.717) is 13.1 Å². The van der Waals surface area contributed by atoms with Crippen molar-refractivity contribution < 1.29 is 9.84 Å². The molecule has 6 heteroatoms. The molecule has 6 nitrogen and oxygen atoms in total. The summed E-state index contributed by atoms with van der Waals surface area (Å²) in [6.45, 7) is 3.02. The van der Waals surface area contributed by atoms with E-state index in [1.807, 2.05) is 29.1 Å². The van der Waals surface area contributed by atoms with Crippen molar-refractivity contribution in [3.63, 3.8) is 0 Å². The van der Waals surface area contributed by atoms with Gasteiger partial charge in [-0.25, -0.2) is 0 Å². The summed E-state index contributed by atoms with van der Waals surface area (Å²) >= 11 is 0. The molecule has 1 saturated heterocycles. The normalized spacial score (nSPS) is 22.0. The summed E-state index contributed by atoms with van der Waals surface area (Å²) in [5.41, 5.74) is 3.14. The van der Waals surface area contributed by atoms with Gasteiger partial charge in [-0.15, -0.1) is 0 Å². The average molecular weight is 421 g/mol. The van der Waals surface area contributed by atoms with Gasteiger partial charge in [-0.05, 0) is 49.8 Å². The van der Waals surface area contributed by atoms with Crippen molar-refractivity contribution in [1.29, 1.82) is 0 Å². The van der Waals surface area contributed by atoms with E-state index >= 15 is 0 Å². The molecular formula is C25H32N4O2. The fourth-order valence-electron chi connectivity index (χ4n) is 4.85. The lowest BCUT2D eigenvalue weighted by atomic mass is 9.77. The molecule has 0 spiro atoms. The molecule has 0 amide bonds. The molecule has 3 aromatic rings. The van der Waals surface area contributed by atoms with Crippen LogP contribution in [-0.2, 0) is 18.6 Å². The van der Waals surface area contributed by atoms with Gasteiger partial charge >= 0.3 is 0 Å². The summed E-state index contributed by atoms with van der Waals surface area (Å²) in [6.07, 6.45) is 4.15. The smallest absolute Gasteiger partial charge is 0.123 e. The minimum absolute atomic E-state index is 0.358. The first-order valence-electron chi connectivity index (χ1n) is 10.8. The molecule has 2 aromatic carbocycles. The third-order valence-corrected chi connectivity index (χ3v) is 6.51. The Labute approximate surface area is 184 Å². The summed E-state index contributed by atoms with van der Waals surface area (Å²) in [5, 5.41) is 15.6. The number of ether oxygens (including phenoxy) is 1. The lowest BCUT2D eigenvalue weighted by molar-refractivity contribution is -0.0702. The molecule has 4 rings (SSSR count). The molecule has 2 atom stereocenters. The quantitative estimate of drug-likeness (QED) is 0.637. The number of nitrogens with zero attached hydrogens (tertiary/aromatic N) is 4. The van der Waals surface area contributed by atoms with E-state index in [2.05, 4.69) is 65.4 Å². The number of piperidine rings is 1. The fourth-order valence-corrected chi connectivity index (χ4v) is 4.85. The monoisotopic (exact) mass is 420 g/mol. The summed E-state index contributed by atoms with van der Waals surface area (Å²) in [5.74, 6) is 0.869. The van der Waals surface area contributed by atoms with Gasteiger partial charge in [-0.2, -0.15) is 5.10 Å². The largest absolute Gasteiger partial charge is 0.496 e. The minimum Gasteiger partial charge on any atom is -0.496 e. The number of aliphatic hydroxyl groups excluding tert-OH is 1. The number of likely N-dealkylation sites (N-methyl/N-ethyl adjacent to an activating group) is 1. The van der Waals surface area contributed by atoms with Crippen LogP contribution in [0.2, 0.25) is 0 Å². The lowest BCUT2D eigenvalue weighted by Crippen LogP contribution is -2.59. The van der Waals surface area contributed by atoms with Crippen molar-refractivity contribution in [2.45, 2.75) is 31.2 Å². The standard InChI is InChI=1S/C25H32N4O2/c1-27(2)25(22-8-5-4-6-9-22)12-15-28(19-24(25)30)17-20-10-11-23(31-3)21(16-20)18-29-14-7-13-26-29/h4-11,13-14,16,24,30H,12,15,17-19H2,1-3H3/t24-,25+/m1/s1. The van der Waals surface area contributed by atoms with Crippen molar-refractivity contribution in [3.8, 4) is 5.75 Å². The van der Waals surface area contributed by atoms with Crippen LogP contribution in [-0.4, -0.2) is 65.1 Å². The second kappa shape index (κ2) is 9.22. The highest BCUT2D eigenvalue weighted by Crippen LogP contribution is 2.38. The van der Waals surface area contributed by atoms with Crippen LogP contribution < -0.4 is 4.74 Å². The molecule has 0 bridgehead atoms. The van der Waals surface area contributed by atoms with Crippen LogP contribution in [0.1, 0.15) is 23.1 Å². The fraction of sp³-hybridized carbons (Fsp3) is 0.400. The molecule has 1 aliphatic rings. The van der Waals surface area contributed by atoms with Gasteiger partial charge in [0.25, 0.3) is 0 Å². The van der Waals surface area contributed by atoms with Crippen LogP contribution in [0.4, 0.5) is 0 Å². The first-order valence-corrected chi connectivity index (χ1v) is 10.8. The van der Waals surface area contributed by atoms with Crippen molar-refractivity contribution in [3.05, 3.63) is 83.7 Å². The third-order valence-electron chi connectivity index (χ3n) is 6.51. The Balaban J connectivity index is 1.50. The number of aromatic nitrogens is 2. The molecule has 1 aromatic heterocycles. The Morgan fingerprint density at radius 1 is 1.13 bits per heavy atom. The molecule has 31 heavy (non-hydrogen) atoms. The van der Waals surface area contributed by atoms with Gasteiger partial charge in [-0.3, -0.25) is 14.5 Å². The zero-order chi connectivity index (χ0) is 21.8. The Morgan fingerprint density at radius 3 is 2.58 bits per heavy atom. The van der Waals surface area contributed by atoms with Gasteiger partial charge in [-0.1, -0.05) is 36.4 Å². The Bertz CT molecular complexity index is 974. The molecule has 0 radical (unpaired) electrons. The highest BCUT2D eigenvalue weighted by atomic mass is 16.5. The Hall–Kier alpha value is -2.67. The van der Waals surface area contributed by atoms with Crippen molar-refractivity contribution in [2.75, 3.05) is 34.3 Å². The first-order chi connectivity index (χ1) is 15.0. The number of hydrogen-bond donors (Lipinski definition) is 1. The number of methoxy groups -OCH3 is 1. The number of benzene rings is 2. The van der Waals surface area contributed by atoms with Gasteiger partial charge in [0.1, 0.15) is 5.75 Å². The summed E-state index contributed by atoms with van der Waals surface area (Å²) < 4.78 is 7.46. The molecule has 2 heterocycles. The molecule has 1 fully saturated rings. The predicted octanol–water partition coefficient (Wildman–Crippen LogP) is 2.96. The van der Waals surface area contributed by atoms with Gasteiger partial charge < -0.3 is 9.84 Å². The van der Waals surface area contributed by atoms with E-state index in [4.69, 9.17) is 4.74 Å². The van der Waals surface area contributed by atoms with Gasteiger partial charge in [0.15, 0.2) is 0 Å². The van der Waals surface area contributed by atoms with Gasteiger partial charge in [0.2, 0.25) is 0 Å². The van der Waals surface area contributed by atoms with Crippen LogP contribution in [0, 0.1) is 0 Å². The number of β-amino-alcohol motifs (C(OH)–C–C–N with tert-alkyl or cyclic N) is 1. The summed E-state index contributed by atoms with van der Waals surface area (Å²) in [6, 6.07) is 18.7. The minimum atomic E-state index is -0.472. The van der Waals surface area contributed by atoms with Gasteiger partial charge in [0.05, 0.1) is 25.3 Å². The molecule has 0 aliphatic carbocycles. The molecule has 164 valence electrons. The topological polar surface area (TPSA) is 53.8 Å². The number of likely N-dealkylation sites (tertiary alicyclic amines) is 1. The maximum absolute atomic E-state index is 11.3. The van der Waals surface area contributed by atoms with Gasteiger partial charge in [0, 0.05) is 37.6 Å². The van der Waals surface area contributed by atoms with E-state index in [1.54, 1.807) is 13.3 Å². The molecule has 1 aliphatic heterocycles. The molecule has 1 N–H and O–H groups in total. The van der Waals surface area contributed by atoms with E-state index in [-0.39, 0.29) is 5.54 Å². The number of rotatable bonds is 7. The molecule has 0 unspecified atom stereocenters. The maximum Gasteiger partial charge on any atom is 0.123 e. The second-order valence-corrected chi connectivity index (χ2v) is 8.54. The zero-order valence-corrected chi connectivity index (χ0v) is 18.6. The van der Waals surface area contributed by atoms with Crippen molar-refractivity contribution >= 4 is 0 Å². The van der Waals surface area contributed by atoms with Crippen LogP contribution in [0.15, 0.2) is 67.0 Å². The maximum atomic E-state index is 11.3. The molecule has 0 saturated carbocycles. The van der Waals surface area contributed by atoms with Crippen molar-refractivity contribution in [1.82, 2.24) is 19.6 Å². The van der Waals surface area contributed by atoms with Crippen LogP contribution in [0.5, 0.6) is 5.75 Å². The SMILES string of the molecule is COc1ccc(CN2CC[C@@](c3ccccc3)(N(C)C)[C@H](O)C2)cc1Cn1cccn1.